The minimum atomic E-state index is -0.591. The number of carbonyl (C=O) groups excluding carboxylic acids is 2. The number of ether oxygens (including phenoxy) is 5. The van der Waals surface area contributed by atoms with Crippen molar-refractivity contribution in [3.8, 4) is 11.5 Å². The molecule has 0 spiro atoms. The first kappa shape index (κ1) is 45.9. The Kier molecular flexibility index (Phi) is 21.2. The summed E-state index contributed by atoms with van der Waals surface area (Å²) >= 11 is 11.5. The molecule has 4 aromatic rings. The molecule has 0 saturated carbocycles. The van der Waals surface area contributed by atoms with E-state index < -0.39 is 4.92 Å². The van der Waals surface area contributed by atoms with E-state index >= 15 is 0 Å². The van der Waals surface area contributed by atoms with Gasteiger partial charge in [0.05, 0.1) is 43.2 Å². The summed E-state index contributed by atoms with van der Waals surface area (Å²) in [7, 11) is 0. The molecule has 0 unspecified atom stereocenters. The van der Waals surface area contributed by atoms with Gasteiger partial charge in [-0.3, -0.25) is 19.7 Å². The van der Waals surface area contributed by atoms with Crippen LogP contribution in [0.1, 0.15) is 65.2 Å². The second kappa shape index (κ2) is 26.4. The van der Waals surface area contributed by atoms with E-state index in [-0.39, 0.29) is 34.0 Å². The Morgan fingerprint density at radius 2 is 1.21 bits per heavy atom. The van der Waals surface area contributed by atoms with Crippen molar-refractivity contribution in [2.75, 3.05) is 56.0 Å². The molecule has 57 heavy (non-hydrogen) atoms. The van der Waals surface area contributed by atoms with Crippen LogP contribution in [0.25, 0.3) is 0 Å². The number of rotatable bonds is 19. The summed E-state index contributed by atoms with van der Waals surface area (Å²) in [6, 6.07) is 14.2. The molecule has 0 radical (unpaired) electrons. The van der Waals surface area contributed by atoms with Gasteiger partial charge < -0.3 is 40.1 Å². The highest BCUT2D eigenvalue weighted by Gasteiger charge is 2.17. The SMILES string of the molecule is C1CCOC1.CCOC(=O)CCCCOc1ccc(Nc2nc(Cl)ncc2N)cc1.CCOC(=O)CCCCOc1ccc(Nc2nc(Cl)ncc2[N+](=O)[O-])cc1. The average Bonchev–Trinajstić information content (AvgIpc) is 3.79. The molecule has 17 nitrogen and oxygen atoms in total. The van der Waals surface area contributed by atoms with E-state index in [9.17, 15) is 19.7 Å². The number of nitrogen functional groups attached to an aromatic ring is 1. The Hall–Kier alpha value is -5.52. The molecule has 0 aliphatic carbocycles. The van der Waals surface area contributed by atoms with E-state index in [2.05, 4.69) is 30.6 Å². The van der Waals surface area contributed by atoms with Gasteiger partial charge in [-0.2, -0.15) is 9.97 Å². The maximum atomic E-state index is 11.2. The van der Waals surface area contributed by atoms with Gasteiger partial charge in [0.25, 0.3) is 0 Å². The minimum absolute atomic E-state index is 0.00707. The number of nitrogens with one attached hydrogen (secondary N) is 2. The minimum Gasteiger partial charge on any atom is -0.494 e. The van der Waals surface area contributed by atoms with Crippen LogP contribution in [0, 0.1) is 10.1 Å². The lowest BCUT2D eigenvalue weighted by Crippen LogP contribution is -2.05. The van der Waals surface area contributed by atoms with E-state index in [4.69, 9.17) is 52.6 Å². The van der Waals surface area contributed by atoms with Crippen LogP contribution in [0.15, 0.2) is 60.9 Å². The van der Waals surface area contributed by atoms with Gasteiger partial charge >= 0.3 is 17.6 Å². The molecular formula is C38H48Cl2N8O9. The molecule has 308 valence electrons. The number of esters is 2. The highest BCUT2D eigenvalue weighted by Crippen LogP contribution is 2.27. The van der Waals surface area contributed by atoms with Gasteiger partial charge in [-0.05, 0) is 124 Å². The summed E-state index contributed by atoms with van der Waals surface area (Å²) in [5.41, 5.74) is 7.32. The molecule has 0 bridgehead atoms. The van der Waals surface area contributed by atoms with Crippen LogP contribution in [0.4, 0.5) is 34.4 Å². The lowest BCUT2D eigenvalue weighted by molar-refractivity contribution is -0.384. The fourth-order valence-corrected chi connectivity index (χ4v) is 4.96. The largest absolute Gasteiger partial charge is 0.494 e. The van der Waals surface area contributed by atoms with Crippen molar-refractivity contribution >= 4 is 69.5 Å². The zero-order chi connectivity index (χ0) is 41.3. The molecule has 19 heteroatoms. The van der Waals surface area contributed by atoms with E-state index in [1.54, 1.807) is 38.1 Å². The summed E-state index contributed by atoms with van der Waals surface area (Å²) in [4.78, 5) is 48.2. The van der Waals surface area contributed by atoms with Crippen molar-refractivity contribution in [1.82, 2.24) is 19.9 Å². The molecule has 1 fully saturated rings. The maximum Gasteiger partial charge on any atom is 0.329 e. The summed E-state index contributed by atoms with van der Waals surface area (Å²) in [5.74, 6) is 1.48. The first-order valence-electron chi connectivity index (χ1n) is 18.4. The number of halogens is 2. The van der Waals surface area contributed by atoms with Crippen LogP contribution in [0.5, 0.6) is 11.5 Å². The molecule has 2 aromatic carbocycles. The predicted octanol–water partition coefficient (Wildman–Crippen LogP) is 8.26. The summed E-state index contributed by atoms with van der Waals surface area (Å²) in [5, 5.41) is 17.0. The predicted molar refractivity (Wildman–Crippen MR) is 217 cm³/mol. The monoisotopic (exact) mass is 830 g/mol. The van der Waals surface area contributed by atoms with Gasteiger partial charge in [-0.15, -0.1) is 0 Å². The lowest BCUT2D eigenvalue weighted by Gasteiger charge is -2.10. The van der Waals surface area contributed by atoms with E-state index in [0.717, 1.165) is 50.1 Å². The number of benzene rings is 2. The number of nitro groups is 1. The Labute approximate surface area is 341 Å². The average molecular weight is 832 g/mol. The number of aromatic nitrogens is 4. The number of hydrogen-bond acceptors (Lipinski definition) is 16. The van der Waals surface area contributed by atoms with Crippen molar-refractivity contribution in [3.63, 3.8) is 0 Å². The normalized spacial score (nSPS) is 11.5. The first-order chi connectivity index (χ1) is 27.6. The van der Waals surface area contributed by atoms with Crippen LogP contribution in [-0.2, 0) is 23.8 Å². The number of nitrogens with two attached hydrogens (primary N) is 1. The van der Waals surface area contributed by atoms with Gasteiger partial charge in [0.1, 0.15) is 17.7 Å². The third-order valence-corrected chi connectivity index (χ3v) is 7.85. The molecular weight excluding hydrogens is 783 g/mol. The molecule has 5 rings (SSSR count). The molecule has 4 N–H and O–H groups in total. The third kappa shape index (κ3) is 18.8. The number of hydrogen-bond donors (Lipinski definition) is 3. The summed E-state index contributed by atoms with van der Waals surface area (Å²) < 4.78 is 25.9. The zero-order valence-electron chi connectivity index (χ0n) is 31.9. The molecule has 0 amide bonds. The van der Waals surface area contributed by atoms with Crippen molar-refractivity contribution in [1.29, 1.82) is 0 Å². The topological polar surface area (TPSA) is 225 Å². The maximum absolute atomic E-state index is 11.2. The Morgan fingerprint density at radius 1 is 0.754 bits per heavy atom. The number of carbonyl (C=O) groups is 2. The van der Waals surface area contributed by atoms with E-state index in [1.807, 2.05) is 24.3 Å². The summed E-state index contributed by atoms with van der Waals surface area (Å²) in [6.07, 6.45) is 8.79. The highest BCUT2D eigenvalue weighted by atomic mass is 35.5. The Balaban J connectivity index is 0.000000272. The summed E-state index contributed by atoms with van der Waals surface area (Å²) in [6.45, 7) is 7.40. The van der Waals surface area contributed by atoms with Crippen molar-refractivity contribution in [2.45, 2.75) is 65.2 Å². The fourth-order valence-electron chi connectivity index (χ4n) is 4.69. The second-order valence-electron chi connectivity index (χ2n) is 11.9. The molecule has 3 heterocycles. The highest BCUT2D eigenvalue weighted by molar-refractivity contribution is 6.28. The van der Waals surface area contributed by atoms with Gasteiger partial charge in [0.2, 0.25) is 16.4 Å². The number of nitrogens with zero attached hydrogens (tertiary/aromatic N) is 5. The molecule has 1 aliphatic rings. The van der Waals surface area contributed by atoms with Crippen LogP contribution in [-0.4, -0.2) is 76.4 Å². The number of anilines is 5. The van der Waals surface area contributed by atoms with Gasteiger partial charge in [0, 0.05) is 37.4 Å². The van der Waals surface area contributed by atoms with Crippen LogP contribution in [0.2, 0.25) is 10.6 Å². The third-order valence-electron chi connectivity index (χ3n) is 7.48. The fraction of sp³-hybridized carbons (Fsp3) is 0.421. The second-order valence-corrected chi connectivity index (χ2v) is 12.6. The van der Waals surface area contributed by atoms with Gasteiger partial charge in [0.15, 0.2) is 5.82 Å². The zero-order valence-corrected chi connectivity index (χ0v) is 33.4. The molecule has 1 aliphatic heterocycles. The standard InChI is InChI=1S/C17H19ClN4O5.C17H21ClN4O3.C4H8O/c1-2-26-15(23)5-3-4-10-27-13-8-6-12(7-9-13)20-16-14(22(24)25)11-19-17(18)21-16;1-2-24-15(23)5-3-4-10-25-13-8-6-12(7-9-13)21-16-14(19)11-20-17(18)22-16;1-2-4-5-3-1/h6-9,11H,2-5,10H2,1H3,(H,19,20,21);6-9,11H,2-5,10,19H2,1H3,(H,20,21,22);1-4H2. The van der Waals surface area contributed by atoms with Crippen molar-refractivity contribution in [3.05, 3.63) is 81.6 Å². The number of unbranched alkanes of at least 4 members (excludes halogenated alkanes) is 2. The molecule has 1 saturated heterocycles. The van der Waals surface area contributed by atoms with E-state index in [0.29, 0.717) is 68.6 Å². The van der Waals surface area contributed by atoms with Crippen molar-refractivity contribution in [2.24, 2.45) is 0 Å². The Morgan fingerprint density at radius 3 is 1.65 bits per heavy atom. The quantitative estimate of drug-likeness (QED) is 0.0266. The van der Waals surface area contributed by atoms with Gasteiger partial charge in [-0.1, -0.05) is 0 Å². The van der Waals surface area contributed by atoms with Crippen molar-refractivity contribution < 1.29 is 38.2 Å². The van der Waals surface area contributed by atoms with Gasteiger partial charge in [-0.25, -0.2) is 9.97 Å². The molecule has 2 aromatic heterocycles. The Bertz CT molecular complexity index is 1810. The smallest absolute Gasteiger partial charge is 0.329 e. The van der Waals surface area contributed by atoms with Crippen LogP contribution in [0.3, 0.4) is 0 Å². The first-order valence-corrected chi connectivity index (χ1v) is 19.2. The lowest BCUT2D eigenvalue weighted by atomic mass is 10.2. The molecule has 0 atom stereocenters. The van der Waals surface area contributed by atoms with E-state index in [1.165, 1.54) is 19.0 Å². The van der Waals surface area contributed by atoms with Crippen LogP contribution >= 0.6 is 23.2 Å². The van der Waals surface area contributed by atoms with Crippen LogP contribution < -0.4 is 25.8 Å².